The maximum Gasteiger partial charge on any atom is 0.261 e. The molecule has 0 aliphatic rings. The van der Waals surface area contributed by atoms with Crippen molar-refractivity contribution in [2.24, 2.45) is 0 Å². The fraction of sp³-hybridized carbons (Fsp3) is 0.278. The lowest BCUT2D eigenvalue weighted by molar-refractivity contribution is 0.0932. The van der Waals surface area contributed by atoms with Gasteiger partial charge in [-0.05, 0) is 31.8 Å². The Morgan fingerprint density at radius 1 is 1.26 bits per heavy atom. The van der Waals surface area contributed by atoms with Gasteiger partial charge in [0.2, 0.25) is 0 Å². The number of hydrogen-bond donors (Lipinski definition) is 2. The fourth-order valence-corrected chi connectivity index (χ4v) is 3.28. The Balaban J connectivity index is 2.07. The zero-order valence-corrected chi connectivity index (χ0v) is 14.3. The second-order valence-electron chi connectivity index (χ2n) is 5.73. The van der Waals surface area contributed by atoms with Gasteiger partial charge in [0.25, 0.3) is 5.91 Å². The molecule has 1 amide bonds. The molecule has 0 fully saturated rings. The number of aliphatic hydroxyl groups excluding tert-OH is 1. The number of hydrogen-bond acceptors (Lipinski definition) is 4. The van der Waals surface area contributed by atoms with Gasteiger partial charge >= 0.3 is 0 Å². The van der Waals surface area contributed by atoms with Gasteiger partial charge in [-0.3, -0.25) is 4.79 Å². The lowest BCUT2D eigenvalue weighted by Crippen LogP contribution is -2.41. The lowest BCUT2D eigenvalue weighted by atomic mass is 10.1. The molecule has 5 heteroatoms. The molecule has 1 atom stereocenters. The van der Waals surface area contributed by atoms with Gasteiger partial charge in [-0.1, -0.05) is 36.9 Å². The van der Waals surface area contributed by atoms with Crippen molar-refractivity contribution in [3.8, 4) is 10.4 Å². The van der Waals surface area contributed by atoms with E-state index < -0.39 is 0 Å². The molecule has 23 heavy (non-hydrogen) atoms. The van der Waals surface area contributed by atoms with Gasteiger partial charge in [0.15, 0.2) is 0 Å². The molecule has 0 aliphatic heterocycles. The number of thiophene rings is 1. The zero-order chi connectivity index (χ0) is 16.8. The molecular formula is C18H22N2O2S. The number of carbonyl (C=O) groups is 1. The lowest BCUT2D eigenvalue weighted by Gasteiger charge is -2.21. The summed E-state index contributed by atoms with van der Waals surface area (Å²) in [5.74, 6) is -0.0430. The molecule has 0 aliphatic carbocycles. The van der Waals surface area contributed by atoms with E-state index in [1.807, 2.05) is 61.5 Å². The zero-order valence-electron chi connectivity index (χ0n) is 13.5. The van der Waals surface area contributed by atoms with E-state index in [4.69, 9.17) is 0 Å². The van der Waals surface area contributed by atoms with E-state index in [9.17, 15) is 9.90 Å². The van der Waals surface area contributed by atoms with E-state index in [1.54, 1.807) is 0 Å². The van der Waals surface area contributed by atoms with Crippen molar-refractivity contribution in [2.75, 3.05) is 20.6 Å². The van der Waals surface area contributed by atoms with Crippen LogP contribution in [0.5, 0.6) is 0 Å². The summed E-state index contributed by atoms with van der Waals surface area (Å²) in [6.07, 6.45) is 0.348. The van der Waals surface area contributed by atoms with Crippen LogP contribution in [-0.2, 0) is 0 Å². The third kappa shape index (κ3) is 5.23. The van der Waals surface area contributed by atoms with Crippen molar-refractivity contribution < 1.29 is 9.90 Å². The molecule has 2 N–H and O–H groups in total. The highest BCUT2D eigenvalue weighted by Gasteiger charge is 2.17. The second-order valence-corrected chi connectivity index (χ2v) is 6.82. The highest BCUT2D eigenvalue weighted by atomic mass is 32.1. The highest BCUT2D eigenvalue weighted by molar-refractivity contribution is 7.17. The monoisotopic (exact) mass is 330 g/mol. The van der Waals surface area contributed by atoms with Crippen molar-refractivity contribution in [3.05, 3.63) is 59.7 Å². The molecule has 1 aromatic carbocycles. The van der Waals surface area contributed by atoms with E-state index in [1.165, 1.54) is 11.3 Å². The number of nitrogens with zero attached hydrogens (tertiary/aromatic N) is 1. The van der Waals surface area contributed by atoms with Gasteiger partial charge in [-0.15, -0.1) is 11.3 Å². The molecule has 0 bridgehead atoms. The van der Waals surface area contributed by atoms with E-state index in [0.29, 0.717) is 17.8 Å². The van der Waals surface area contributed by atoms with E-state index in [2.05, 4.69) is 11.9 Å². The quantitative estimate of drug-likeness (QED) is 0.764. The van der Waals surface area contributed by atoms with Crippen LogP contribution in [0.3, 0.4) is 0 Å². The molecule has 0 spiro atoms. The smallest absolute Gasteiger partial charge is 0.261 e. The third-order valence-electron chi connectivity index (χ3n) is 3.29. The first-order valence-electron chi connectivity index (χ1n) is 7.43. The van der Waals surface area contributed by atoms with Gasteiger partial charge in [0, 0.05) is 23.9 Å². The van der Waals surface area contributed by atoms with Crippen LogP contribution in [0.25, 0.3) is 10.4 Å². The van der Waals surface area contributed by atoms with E-state index >= 15 is 0 Å². The molecule has 0 saturated heterocycles. The van der Waals surface area contributed by atoms with Crippen molar-refractivity contribution in [1.82, 2.24) is 10.2 Å². The topological polar surface area (TPSA) is 52.6 Å². The summed E-state index contributed by atoms with van der Waals surface area (Å²) in [6.45, 7) is 4.16. The predicted octanol–water partition coefficient (Wildman–Crippen LogP) is 3.54. The van der Waals surface area contributed by atoms with E-state index in [-0.39, 0.29) is 17.7 Å². The van der Waals surface area contributed by atoms with Crippen LogP contribution in [0.15, 0.2) is 54.8 Å². The Hall–Kier alpha value is -2.11. The molecule has 0 radical (unpaired) electrons. The third-order valence-corrected chi connectivity index (χ3v) is 4.42. The van der Waals surface area contributed by atoms with Gasteiger partial charge < -0.3 is 15.3 Å². The first kappa shape index (κ1) is 17.2. The summed E-state index contributed by atoms with van der Waals surface area (Å²) in [5, 5.41) is 12.4. The molecule has 2 aromatic rings. The standard InChI is InChI=1S/C18H22N2O2S/c1-13(21)11-15(12-20(2)3)19-18(22)17-10-9-16(23-17)14-7-5-4-6-8-14/h4-10,15,21H,1,11-12H2,2-3H3,(H,19,22)/t15-/m1/s1. The minimum atomic E-state index is -0.169. The number of rotatable bonds is 7. The number of amides is 1. The second kappa shape index (κ2) is 7.94. The number of aliphatic hydroxyl groups is 1. The summed E-state index contributed by atoms with van der Waals surface area (Å²) in [7, 11) is 3.86. The molecule has 4 nitrogen and oxygen atoms in total. The molecular weight excluding hydrogens is 308 g/mol. The van der Waals surface area contributed by atoms with Gasteiger partial charge in [0.1, 0.15) is 0 Å². The van der Waals surface area contributed by atoms with Crippen LogP contribution < -0.4 is 5.32 Å². The Kier molecular flexibility index (Phi) is 5.96. The first-order chi connectivity index (χ1) is 11.0. The molecule has 1 heterocycles. The average Bonchev–Trinajstić information content (AvgIpc) is 2.96. The predicted molar refractivity (Wildman–Crippen MR) is 95.9 cm³/mol. The summed E-state index contributed by atoms with van der Waals surface area (Å²) in [6, 6.07) is 13.6. The minimum absolute atomic E-state index is 0.0771. The van der Waals surface area contributed by atoms with Crippen molar-refractivity contribution in [1.29, 1.82) is 0 Å². The largest absolute Gasteiger partial charge is 0.513 e. The van der Waals surface area contributed by atoms with Crippen LogP contribution in [0.4, 0.5) is 0 Å². The Labute approximate surface area is 141 Å². The Morgan fingerprint density at radius 3 is 2.57 bits per heavy atom. The van der Waals surface area contributed by atoms with Crippen molar-refractivity contribution >= 4 is 17.2 Å². The number of carbonyl (C=O) groups excluding carboxylic acids is 1. The minimum Gasteiger partial charge on any atom is -0.513 e. The molecule has 0 saturated carbocycles. The molecule has 2 rings (SSSR count). The first-order valence-corrected chi connectivity index (χ1v) is 8.25. The number of likely N-dealkylation sites (N-methyl/N-ethyl adjacent to an activating group) is 1. The van der Waals surface area contributed by atoms with Gasteiger partial charge in [0.05, 0.1) is 10.6 Å². The number of benzene rings is 1. The van der Waals surface area contributed by atoms with Crippen LogP contribution >= 0.6 is 11.3 Å². The molecule has 122 valence electrons. The molecule has 1 aromatic heterocycles. The number of nitrogens with one attached hydrogen (secondary N) is 1. The molecule has 0 unspecified atom stereocenters. The normalized spacial score (nSPS) is 12.1. The van der Waals surface area contributed by atoms with Crippen molar-refractivity contribution in [3.63, 3.8) is 0 Å². The average molecular weight is 330 g/mol. The van der Waals surface area contributed by atoms with Gasteiger partial charge in [-0.2, -0.15) is 0 Å². The summed E-state index contributed by atoms with van der Waals surface area (Å²) in [4.78, 5) is 16.1. The van der Waals surface area contributed by atoms with E-state index in [0.717, 1.165) is 10.4 Å². The maximum atomic E-state index is 12.4. The Morgan fingerprint density at radius 2 is 1.96 bits per heavy atom. The van der Waals surface area contributed by atoms with Crippen LogP contribution in [0, 0.1) is 0 Å². The summed E-state index contributed by atoms with van der Waals surface area (Å²) >= 11 is 1.46. The summed E-state index contributed by atoms with van der Waals surface area (Å²) in [5.41, 5.74) is 1.10. The van der Waals surface area contributed by atoms with Crippen LogP contribution in [0.2, 0.25) is 0 Å². The van der Waals surface area contributed by atoms with Crippen LogP contribution in [-0.4, -0.2) is 42.6 Å². The fourth-order valence-electron chi connectivity index (χ4n) is 2.36. The van der Waals surface area contributed by atoms with Crippen molar-refractivity contribution in [2.45, 2.75) is 12.5 Å². The summed E-state index contributed by atoms with van der Waals surface area (Å²) < 4.78 is 0. The van der Waals surface area contributed by atoms with Crippen LogP contribution in [0.1, 0.15) is 16.1 Å². The van der Waals surface area contributed by atoms with Gasteiger partial charge in [-0.25, -0.2) is 0 Å². The SMILES string of the molecule is C=C(O)C[C@H](CN(C)C)NC(=O)c1ccc(-c2ccccc2)s1. The maximum absolute atomic E-state index is 12.4. The highest BCUT2D eigenvalue weighted by Crippen LogP contribution is 2.27. The Bertz CT molecular complexity index is 665.